The molecule has 2 saturated heterocycles. The van der Waals surface area contributed by atoms with Gasteiger partial charge in [-0.3, -0.25) is 14.5 Å². The number of hydrogen-bond acceptors (Lipinski definition) is 4. The van der Waals surface area contributed by atoms with Gasteiger partial charge in [0.15, 0.2) is 0 Å². The fraction of sp³-hybridized carbons (Fsp3) is 0.538. The Kier molecular flexibility index (Phi) is 3.28. The van der Waals surface area contributed by atoms with Gasteiger partial charge in [-0.15, -0.1) is 0 Å². The number of piperazine rings is 2. The lowest BCUT2D eigenvalue weighted by molar-refractivity contribution is -0.152. The molecule has 2 fully saturated rings. The minimum atomic E-state index is -0.382. The van der Waals surface area contributed by atoms with E-state index in [1.807, 2.05) is 0 Å². The van der Waals surface area contributed by atoms with Crippen molar-refractivity contribution in [2.75, 3.05) is 19.6 Å². The van der Waals surface area contributed by atoms with Crippen LogP contribution in [0.5, 0.6) is 0 Å². The number of carbonyl (C=O) groups is 2. The average molecular weight is 279 g/mol. The van der Waals surface area contributed by atoms with Crippen molar-refractivity contribution >= 4 is 23.2 Å². The molecule has 0 aromatic carbocycles. The molecule has 3 rings (SSSR count). The molecule has 19 heavy (non-hydrogen) atoms. The molecule has 1 N–H and O–H groups in total. The average Bonchev–Trinajstić information content (AvgIpc) is 2.89. The maximum Gasteiger partial charge on any atom is 0.245 e. The highest BCUT2D eigenvalue weighted by Gasteiger charge is 2.41. The van der Waals surface area contributed by atoms with Crippen LogP contribution in [0, 0.1) is 0 Å². The van der Waals surface area contributed by atoms with E-state index in [1.54, 1.807) is 23.2 Å². The van der Waals surface area contributed by atoms with Gasteiger partial charge in [0.25, 0.3) is 0 Å². The van der Waals surface area contributed by atoms with Crippen molar-refractivity contribution in [2.24, 2.45) is 0 Å². The van der Waals surface area contributed by atoms with Gasteiger partial charge in [0.1, 0.15) is 12.1 Å². The summed E-state index contributed by atoms with van der Waals surface area (Å²) in [6.07, 6.45) is 0. The van der Waals surface area contributed by atoms with Crippen molar-refractivity contribution in [3.63, 3.8) is 0 Å². The molecule has 5 nitrogen and oxygen atoms in total. The number of fused-ring (bicyclic) bond motifs is 1. The predicted molar refractivity (Wildman–Crippen MR) is 72.7 cm³/mol. The largest absolute Gasteiger partial charge is 0.343 e. The van der Waals surface area contributed by atoms with Crippen LogP contribution in [0.15, 0.2) is 16.8 Å². The summed E-state index contributed by atoms with van der Waals surface area (Å²) < 4.78 is 0. The third-order valence-electron chi connectivity index (χ3n) is 3.77. The highest BCUT2D eigenvalue weighted by atomic mass is 32.1. The molecule has 3 heterocycles. The first-order chi connectivity index (χ1) is 9.15. The lowest BCUT2D eigenvalue weighted by Crippen LogP contribution is -2.68. The molecule has 0 unspecified atom stereocenters. The summed E-state index contributed by atoms with van der Waals surface area (Å²) >= 11 is 1.68. The third-order valence-corrected chi connectivity index (χ3v) is 4.50. The van der Waals surface area contributed by atoms with E-state index < -0.39 is 0 Å². The minimum Gasteiger partial charge on any atom is -0.343 e. The van der Waals surface area contributed by atoms with Crippen molar-refractivity contribution in [2.45, 2.75) is 25.6 Å². The maximum absolute atomic E-state index is 12.0. The molecule has 0 aliphatic carbocycles. The number of carbonyl (C=O) groups excluding carboxylic acids is 2. The van der Waals surface area contributed by atoms with Crippen molar-refractivity contribution in [1.82, 2.24) is 15.1 Å². The normalized spacial score (nSPS) is 28.2. The smallest absolute Gasteiger partial charge is 0.245 e. The summed E-state index contributed by atoms with van der Waals surface area (Å²) in [5.41, 5.74) is 1.27. The molecule has 0 radical (unpaired) electrons. The molecule has 2 atom stereocenters. The van der Waals surface area contributed by atoms with E-state index in [-0.39, 0.29) is 23.9 Å². The SMILES string of the molecule is C[C@@H]1NC(=O)[C@H]2CN(Cc3ccsc3)CCN2C1=O. The van der Waals surface area contributed by atoms with Gasteiger partial charge < -0.3 is 10.2 Å². The van der Waals surface area contributed by atoms with Crippen LogP contribution in [0.25, 0.3) is 0 Å². The molecule has 2 aliphatic heterocycles. The van der Waals surface area contributed by atoms with Gasteiger partial charge in [-0.2, -0.15) is 11.3 Å². The first kappa shape index (κ1) is 12.6. The second-order valence-corrected chi connectivity index (χ2v) is 5.92. The molecule has 6 heteroatoms. The second kappa shape index (κ2) is 4.94. The van der Waals surface area contributed by atoms with Crippen molar-refractivity contribution < 1.29 is 9.59 Å². The Bertz CT molecular complexity index is 488. The lowest BCUT2D eigenvalue weighted by Gasteiger charge is -2.44. The Hall–Kier alpha value is -1.40. The minimum absolute atomic E-state index is 0.0258. The number of nitrogens with one attached hydrogen (secondary N) is 1. The van der Waals surface area contributed by atoms with Gasteiger partial charge >= 0.3 is 0 Å². The Morgan fingerprint density at radius 3 is 3.00 bits per heavy atom. The molecule has 0 spiro atoms. The first-order valence-electron chi connectivity index (χ1n) is 6.49. The van der Waals surface area contributed by atoms with E-state index in [0.29, 0.717) is 13.1 Å². The Morgan fingerprint density at radius 1 is 1.42 bits per heavy atom. The molecule has 1 aromatic rings. The van der Waals surface area contributed by atoms with Crippen LogP contribution in [0.3, 0.4) is 0 Å². The number of thiophene rings is 1. The van der Waals surface area contributed by atoms with Gasteiger partial charge in [0.2, 0.25) is 11.8 Å². The summed E-state index contributed by atoms with van der Waals surface area (Å²) in [4.78, 5) is 28.0. The molecular formula is C13H17N3O2S. The van der Waals surface area contributed by atoms with Gasteiger partial charge in [0, 0.05) is 26.2 Å². The van der Waals surface area contributed by atoms with Gasteiger partial charge in [-0.05, 0) is 29.3 Å². The zero-order chi connectivity index (χ0) is 13.4. The van der Waals surface area contributed by atoms with Crippen LogP contribution in [0.2, 0.25) is 0 Å². The Morgan fingerprint density at radius 2 is 2.26 bits per heavy atom. The lowest BCUT2D eigenvalue weighted by atomic mass is 10.0. The van der Waals surface area contributed by atoms with Gasteiger partial charge in [-0.1, -0.05) is 0 Å². The third kappa shape index (κ3) is 2.37. The van der Waals surface area contributed by atoms with E-state index in [4.69, 9.17) is 0 Å². The molecule has 0 saturated carbocycles. The monoisotopic (exact) mass is 279 g/mol. The van der Waals surface area contributed by atoms with Crippen LogP contribution in [-0.4, -0.2) is 53.3 Å². The summed E-state index contributed by atoms with van der Waals surface area (Å²) in [7, 11) is 0. The highest BCUT2D eigenvalue weighted by Crippen LogP contribution is 2.18. The van der Waals surface area contributed by atoms with Crippen molar-refractivity contribution in [3.8, 4) is 0 Å². The fourth-order valence-corrected chi connectivity index (χ4v) is 3.39. The highest BCUT2D eigenvalue weighted by molar-refractivity contribution is 7.07. The molecule has 2 amide bonds. The fourth-order valence-electron chi connectivity index (χ4n) is 2.73. The van der Waals surface area contributed by atoms with E-state index in [1.165, 1.54) is 5.56 Å². The molecule has 2 aliphatic rings. The molecule has 1 aromatic heterocycles. The predicted octanol–water partition coefficient (Wildman–Crippen LogP) is 0.279. The molecule has 0 bridgehead atoms. The van der Waals surface area contributed by atoms with E-state index in [9.17, 15) is 9.59 Å². The van der Waals surface area contributed by atoms with Crippen molar-refractivity contribution in [3.05, 3.63) is 22.4 Å². The summed E-state index contributed by atoms with van der Waals surface area (Å²) in [6.45, 7) is 4.70. The van der Waals surface area contributed by atoms with Gasteiger partial charge in [0.05, 0.1) is 0 Å². The van der Waals surface area contributed by atoms with Crippen LogP contribution in [0.1, 0.15) is 12.5 Å². The van der Waals surface area contributed by atoms with Crippen LogP contribution < -0.4 is 5.32 Å². The Balaban J connectivity index is 1.69. The zero-order valence-electron chi connectivity index (χ0n) is 10.8. The topological polar surface area (TPSA) is 52.7 Å². The van der Waals surface area contributed by atoms with E-state index in [2.05, 4.69) is 27.0 Å². The molecular weight excluding hydrogens is 262 g/mol. The molecule has 102 valence electrons. The first-order valence-corrected chi connectivity index (χ1v) is 7.44. The number of nitrogens with zero attached hydrogens (tertiary/aromatic N) is 2. The standard InChI is InChI=1S/C13H17N3O2S/c1-9-13(18)16-4-3-15(6-10-2-5-19-8-10)7-11(16)12(17)14-9/h2,5,8-9,11H,3-4,6-7H2,1H3,(H,14,17)/t9-,11+/m0/s1. The quantitative estimate of drug-likeness (QED) is 0.846. The zero-order valence-corrected chi connectivity index (χ0v) is 11.7. The summed E-state index contributed by atoms with van der Waals surface area (Å²) in [6, 6.07) is 1.40. The summed E-state index contributed by atoms with van der Waals surface area (Å²) in [5.74, 6) is 0.0156. The maximum atomic E-state index is 12.0. The summed E-state index contributed by atoms with van der Waals surface area (Å²) in [5, 5.41) is 6.94. The van der Waals surface area contributed by atoms with Crippen LogP contribution in [0.4, 0.5) is 0 Å². The van der Waals surface area contributed by atoms with Crippen molar-refractivity contribution in [1.29, 1.82) is 0 Å². The number of amides is 2. The number of rotatable bonds is 2. The van der Waals surface area contributed by atoms with E-state index in [0.717, 1.165) is 13.1 Å². The van der Waals surface area contributed by atoms with Crippen LogP contribution in [-0.2, 0) is 16.1 Å². The van der Waals surface area contributed by atoms with Crippen LogP contribution >= 0.6 is 11.3 Å². The van der Waals surface area contributed by atoms with E-state index >= 15 is 0 Å². The Labute approximate surface area is 116 Å². The number of hydrogen-bond donors (Lipinski definition) is 1. The van der Waals surface area contributed by atoms with Gasteiger partial charge in [-0.25, -0.2) is 0 Å². The second-order valence-electron chi connectivity index (χ2n) is 5.14.